The fourth-order valence-corrected chi connectivity index (χ4v) is 4.68. The molecule has 0 radical (unpaired) electrons. The van der Waals surface area contributed by atoms with Crippen molar-refractivity contribution in [1.82, 2.24) is 29.6 Å². The Hall–Kier alpha value is -3.28. The van der Waals surface area contributed by atoms with Crippen LogP contribution in [0, 0.1) is 13.8 Å². The fourth-order valence-electron chi connectivity index (χ4n) is 4.19. The molecule has 10 nitrogen and oxygen atoms in total. The Morgan fingerprint density at radius 3 is 2.42 bits per heavy atom. The Bertz CT molecular complexity index is 1570. The first-order valence-corrected chi connectivity index (χ1v) is 15.6. The monoisotopic (exact) mass is 673 g/mol. The van der Waals surface area contributed by atoms with Crippen LogP contribution >= 0.6 is 27.5 Å². The zero-order chi connectivity index (χ0) is 31.9. The summed E-state index contributed by atoms with van der Waals surface area (Å²) in [5.41, 5.74) is 8.75. The van der Waals surface area contributed by atoms with E-state index in [4.69, 9.17) is 22.1 Å². The minimum Gasteiger partial charge on any atom is -0.444 e. The average molecular weight is 675 g/mol. The van der Waals surface area contributed by atoms with Gasteiger partial charge in [-0.1, -0.05) is 31.5 Å². The van der Waals surface area contributed by atoms with Crippen molar-refractivity contribution < 1.29 is 9.53 Å². The van der Waals surface area contributed by atoms with E-state index in [9.17, 15) is 9.59 Å². The van der Waals surface area contributed by atoms with Gasteiger partial charge in [0.05, 0.1) is 21.6 Å². The topological polar surface area (TPSA) is 132 Å². The number of nitrogens with two attached hydrogens (primary N) is 1. The maximum Gasteiger partial charge on any atom is 0.410 e. The number of benzene rings is 1. The number of hydrogen-bond donors (Lipinski definition) is 2. The third kappa shape index (κ3) is 9.61. The van der Waals surface area contributed by atoms with E-state index in [2.05, 4.69) is 36.0 Å². The Morgan fingerprint density at radius 1 is 1.19 bits per heavy atom. The summed E-state index contributed by atoms with van der Waals surface area (Å²) in [6, 6.07) is 7.46. The predicted molar refractivity (Wildman–Crippen MR) is 175 cm³/mol. The lowest BCUT2D eigenvalue weighted by atomic mass is 10.1. The summed E-state index contributed by atoms with van der Waals surface area (Å²) in [4.78, 5) is 37.5. The van der Waals surface area contributed by atoms with Gasteiger partial charge in [0.1, 0.15) is 11.4 Å². The molecule has 0 unspecified atom stereocenters. The molecule has 1 amide bonds. The van der Waals surface area contributed by atoms with Gasteiger partial charge >= 0.3 is 6.09 Å². The standard InChI is InChI=1S/C19H15BrClN5O.C10H20N2O2.C2H6/c1-10-9-26(25-11(10)2)18-4-3-12(8-22-18)5-17-23-16-7-14(20)15(21)6-13(16)19(27)24-17;1-10(2,3)14-9(13)12-6-4-8(11)5-7-12;1-2/h3-4,6-9H,5H2,1-2H3,(H,23,24,27);8H,4-7,11H2,1-3H3;1-2H3. The highest BCUT2D eigenvalue weighted by molar-refractivity contribution is 9.10. The highest BCUT2D eigenvalue weighted by Gasteiger charge is 2.25. The zero-order valence-electron chi connectivity index (χ0n) is 25.9. The van der Waals surface area contributed by atoms with Crippen LogP contribution in [-0.2, 0) is 11.2 Å². The van der Waals surface area contributed by atoms with E-state index in [0.29, 0.717) is 32.6 Å². The Labute approximate surface area is 266 Å². The Balaban J connectivity index is 0.000000268. The number of fused-ring (bicyclic) bond motifs is 1. The van der Waals surface area contributed by atoms with Gasteiger partial charge in [0.15, 0.2) is 5.82 Å². The summed E-state index contributed by atoms with van der Waals surface area (Å²) in [6.07, 6.45) is 5.71. The lowest BCUT2D eigenvalue weighted by Gasteiger charge is -2.32. The summed E-state index contributed by atoms with van der Waals surface area (Å²) in [6.45, 7) is 15.0. The molecule has 0 atom stereocenters. The van der Waals surface area contributed by atoms with Crippen molar-refractivity contribution in [3.05, 3.63) is 79.2 Å². The number of rotatable bonds is 3. The minimum atomic E-state index is -0.406. The van der Waals surface area contributed by atoms with Gasteiger partial charge in [-0.2, -0.15) is 5.10 Å². The van der Waals surface area contributed by atoms with Crippen LogP contribution in [0.15, 0.2) is 45.9 Å². The maximum atomic E-state index is 12.3. The number of aromatic nitrogens is 5. The molecule has 1 aliphatic heterocycles. The molecular weight excluding hydrogens is 634 g/mol. The molecule has 3 N–H and O–H groups in total. The van der Waals surface area contributed by atoms with Gasteiger partial charge in [0.2, 0.25) is 0 Å². The second-order valence-electron chi connectivity index (χ2n) is 11.1. The van der Waals surface area contributed by atoms with Crippen molar-refractivity contribution in [2.75, 3.05) is 13.1 Å². The fraction of sp³-hybridized carbons (Fsp3) is 0.452. The third-order valence-electron chi connectivity index (χ3n) is 6.55. The Kier molecular flexibility index (Phi) is 11.9. The van der Waals surface area contributed by atoms with Gasteiger partial charge in [0.25, 0.3) is 5.56 Å². The van der Waals surface area contributed by atoms with Gasteiger partial charge in [-0.3, -0.25) is 4.79 Å². The third-order valence-corrected chi connectivity index (χ3v) is 7.74. The van der Waals surface area contributed by atoms with E-state index in [0.717, 1.165) is 48.6 Å². The number of halogens is 2. The molecule has 1 aromatic carbocycles. The first-order chi connectivity index (χ1) is 20.3. The predicted octanol–water partition coefficient (Wildman–Crippen LogP) is 6.50. The molecule has 0 bridgehead atoms. The number of ether oxygens (including phenoxy) is 1. The number of aryl methyl sites for hydroxylation is 2. The van der Waals surface area contributed by atoms with Crippen LogP contribution in [0.5, 0.6) is 0 Å². The summed E-state index contributed by atoms with van der Waals surface area (Å²) < 4.78 is 7.72. The Morgan fingerprint density at radius 2 is 1.86 bits per heavy atom. The number of carbonyl (C=O) groups is 1. The molecule has 3 aromatic heterocycles. The quantitative estimate of drug-likeness (QED) is 0.254. The summed E-state index contributed by atoms with van der Waals surface area (Å²) in [5.74, 6) is 1.32. The van der Waals surface area contributed by atoms with E-state index < -0.39 is 5.60 Å². The normalized spacial score (nSPS) is 13.6. The van der Waals surface area contributed by atoms with Gasteiger partial charge in [0, 0.05) is 42.4 Å². The number of pyridine rings is 1. The summed E-state index contributed by atoms with van der Waals surface area (Å²) in [7, 11) is 0. The van der Waals surface area contributed by atoms with Crippen LogP contribution < -0.4 is 11.3 Å². The van der Waals surface area contributed by atoms with E-state index in [1.807, 2.05) is 66.8 Å². The van der Waals surface area contributed by atoms with Crippen LogP contribution in [0.25, 0.3) is 16.7 Å². The molecule has 4 aromatic rings. The lowest BCUT2D eigenvalue weighted by molar-refractivity contribution is 0.0207. The molecule has 0 aliphatic carbocycles. The molecule has 43 heavy (non-hydrogen) atoms. The first-order valence-electron chi connectivity index (χ1n) is 14.4. The molecule has 5 rings (SSSR count). The van der Waals surface area contributed by atoms with Crippen molar-refractivity contribution >= 4 is 44.5 Å². The molecule has 0 spiro atoms. The van der Waals surface area contributed by atoms with Gasteiger partial charge in [-0.25, -0.2) is 19.4 Å². The molecule has 12 heteroatoms. The zero-order valence-corrected chi connectivity index (χ0v) is 28.2. The SMILES string of the molecule is CC.CC(C)(C)OC(=O)N1CCC(N)CC1.Cc1cn(-c2ccc(Cc3nc4cc(Br)c(Cl)cc4c(=O)[nH]3)cn2)nc1C. The van der Waals surface area contributed by atoms with Crippen LogP contribution in [0.3, 0.4) is 0 Å². The number of amides is 1. The smallest absolute Gasteiger partial charge is 0.410 e. The molecule has 4 heterocycles. The minimum absolute atomic E-state index is 0.212. The van der Waals surface area contributed by atoms with Crippen LogP contribution in [0.4, 0.5) is 4.79 Å². The van der Waals surface area contributed by atoms with Crippen molar-refractivity contribution in [2.24, 2.45) is 5.73 Å². The molecule has 1 fully saturated rings. The second-order valence-corrected chi connectivity index (χ2v) is 12.4. The van der Waals surface area contributed by atoms with Crippen LogP contribution in [0.2, 0.25) is 5.02 Å². The number of hydrogen-bond acceptors (Lipinski definition) is 7. The van der Waals surface area contributed by atoms with Gasteiger partial charge in [-0.05, 0) is 92.7 Å². The number of aromatic amines is 1. The van der Waals surface area contributed by atoms with E-state index in [-0.39, 0.29) is 17.7 Å². The van der Waals surface area contributed by atoms with Crippen molar-refractivity contribution in [1.29, 1.82) is 0 Å². The van der Waals surface area contributed by atoms with E-state index in [1.165, 1.54) is 0 Å². The summed E-state index contributed by atoms with van der Waals surface area (Å²) >= 11 is 9.43. The molecule has 232 valence electrons. The van der Waals surface area contributed by atoms with E-state index in [1.54, 1.807) is 27.9 Å². The molecule has 1 saturated heterocycles. The number of H-pyrrole nitrogens is 1. The molecule has 0 saturated carbocycles. The van der Waals surface area contributed by atoms with Crippen molar-refractivity contribution in [3.8, 4) is 5.82 Å². The van der Waals surface area contributed by atoms with Gasteiger partial charge < -0.3 is 20.4 Å². The molecular formula is C31H41BrClN7O3. The van der Waals surface area contributed by atoms with Crippen molar-refractivity contribution in [2.45, 2.75) is 79.4 Å². The second kappa shape index (κ2) is 14.9. The number of carbonyl (C=O) groups excluding carboxylic acids is 1. The summed E-state index contributed by atoms with van der Waals surface area (Å²) in [5, 5.41) is 5.38. The number of nitrogens with one attached hydrogen (secondary N) is 1. The number of nitrogens with zero attached hydrogens (tertiary/aromatic N) is 5. The van der Waals surface area contributed by atoms with Gasteiger partial charge in [-0.15, -0.1) is 0 Å². The van der Waals surface area contributed by atoms with E-state index >= 15 is 0 Å². The van der Waals surface area contributed by atoms with Crippen molar-refractivity contribution in [3.63, 3.8) is 0 Å². The number of likely N-dealkylation sites (tertiary alicyclic amines) is 1. The lowest BCUT2D eigenvalue weighted by Crippen LogP contribution is -2.44. The first kappa shape index (κ1) is 34.2. The maximum absolute atomic E-state index is 12.3. The average Bonchev–Trinajstić information content (AvgIpc) is 3.29. The number of piperidine rings is 1. The molecule has 1 aliphatic rings. The highest BCUT2D eigenvalue weighted by Crippen LogP contribution is 2.26. The van der Waals surface area contributed by atoms with Crippen LogP contribution in [0.1, 0.15) is 70.1 Å². The largest absolute Gasteiger partial charge is 0.444 e. The highest BCUT2D eigenvalue weighted by atomic mass is 79.9. The van der Waals surface area contributed by atoms with Crippen LogP contribution in [-0.4, -0.2) is 60.5 Å².